The van der Waals surface area contributed by atoms with E-state index in [1.165, 1.54) is 0 Å². The fourth-order valence-electron chi connectivity index (χ4n) is 1.99. The average molecular weight is 390 g/mol. The van der Waals surface area contributed by atoms with E-state index in [2.05, 4.69) is 36.8 Å². The molecule has 102 valence electrons. The SMILES string of the molecule is CCN(CCO)C(=O)c1c[nH]c2cc(Br)c(Br)cc12. The zero-order valence-electron chi connectivity index (χ0n) is 10.4. The molecule has 0 saturated carbocycles. The van der Waals surface area contributed by atoms with Gasteiger partial charge in [0.1, 0.15) is 0 Å². The second kappa shape index (κ2) is 6.07. The molecular weight excluding hydrogens is 376 g/mol. The Morgan fingerprint density at radius 1 is 1.37 bits per heavy atom. The van der Waals surface area contributed by atoms with Crippen LogP contribution < -0.4 is 0 Å². The van der Waals surface area contributed by atoms with Gasteiger partial charge in [-0.05, 0) is 50.9 Å². The molecule has 1 aromatic heterocycles. The molecule has 2 aromatic rings. The summed E-state index contributed by atoms with van der Waals surface area (Å²) in [7, 11) is 0. The predicted octanol–water partition coefficient (Wildman–Crippen LogP) is 3.15. The largest absolute Gasteiger partial charge is 0.395 e. The van der Waals surface area contributed by atoms with Crippen molar-refractivity contribution in [1.29, 1.82) is 0 Å². The van der Waals surface area contributed by atoms with Crippen molar-refractivity contribution in [3.05, 3.63) is 32.8 Å². The molecule has 0 aliphatic rings. The summed E-state index contributed by atoms with van der Waals surface area (Å²) in [5.74, 6) is -0.0722. The lowest BCUT2D eigenvalue weighted by Gasteiger charge is -2.19. The normalized spacial score (nSPS) is 10.9. The Morgan fingerprint density at radius 2 is 2.05 bits per heavy atom. The summed E-state index contributed by atoms with van der Waals surface area (Å²) in [6.07, 6.45) is 1.71. The van der Waals surface area contributed by atoms with Crippen LogP contribution in [0.15, 0.2) is 27.3 Å². The van der Waals surface area contributed by atoms with Crippen molar-refractivity contribution >= 4 is 48.7 Å². The summed E-state index contributed by atoms with van der Waals surface area (Å²) in [5, 5.41) is 9.86. The van der Waals surface area contributed by atoms with Gasteiger partial charge in [-0.1, -0.05) is 0 Å². The third kappa shape index (κ3) is 2.85. The molecule has 6 heteroatoms. The number of aromatic amines is 1. The number of hydrogen-bond acceptors (Lipinski definition) is 2. The number of H-pyrrole nitrogens is 1. The highest BCUT2D eigenvalue weighted by Gasteiger charge is 2.18. The maximum Gasteiger partial charge on any atom is 0.256 e. The summed E-state index contributed by atoms with van der Waals surface area (Å²) in [6, 6.07) is 3.84. The number of fused-ring (bicyclic) bond motifs is 1. The Bertz CT molecular complexity index is 610. The Hall–Kier alpha value is -0.850. The van der Waals surface area contributed by atoms with Gasteiger partial charge in [-0.2, -0.15) is 0 Å². The minimum atomic E-state index is -0.0722. The first kappa shape index (κ1) is 14.6. The van der Waals surface area contributed by atoms with Crippen LogP contribution in [0.1, 0.15) is 17.3 Å². The number of halogens is 2. The van der Waals surface area contributed by atoms with Crippen molar-refractivity contribution in [2.45, 2.75) is 6.92 Å². The van der Waals surface area contributed by atoms with Crippen molar-refractivity contribution in [3.63, 3.8) is 0 Å². The average Bonchev–Trinajstić information content (AvgIpc) is 2.78. The number of carbonyl (C=O) groups is 1. The van der Waals surface area contributed by atoms with Crippen molar-refractivity contribution in [1.82, 2.24) is 9.88 Å². The molecule has 0 atom stereocenters. The molecular formula is C13H14Br2N2O2. The van der Waals surface area contributed by atoms with Crippen LogP contribution in [-0.4, -0.2) is 40.6 Å². The standard InChI is InChI=1S/C13H14Br2N2O2/c1-2-17(3-4-18)13(19)9-7-16-12-6-11(15)10(14)5-8(9)12/h5-7,16,18H,2-4H2,1H3. The highest BCUT2D eigenvalue weighted by atomic mass is 79.9. The van der Waals surface area contributed by atoms with Gasteiger partial charge in [0.05, 0.1) is 12.2 Å². The summed E-state index contributed by atoms with van der Waals surface area (Å²) in [4.78, 5) is 17.1. The highest BCUT2D eigenvalue weighted by Crippen LogP contribution is 2.30. The van der Waals surface area contributed by atoms with Gasteiger partial charge in [0.15, 0.2) is 0 Å². The zero-order valence-corrected chi connectivity index (χ0v) is 13.6. The molecule has 1 heterocycles. The molecule has 0 aliphatic carbocycles. The van der Waals surface area contributed by atoms with Gasteiger partial charge in [-0.15, -0.1) is 0 Å². The maximum absolute atomic E-state index is 12.4. The first-order chi connectivity index (χ1) is 9.08. The number of benzene rings is 1. The second-order valence-corrected chi connectivity index (χ2v) is 5.83. The molecule has 0 bridgehead atoms. The Balaban J connectivity index is 2.45. The van der Waals surface area contributed by atoms with E-state index in [0.717, 1.165) is 19.8 Å². The van der Waals surface area contributed by atoms with E-state index >= 15 is 0 Å². The van der Waals surface area contributed by atoms with E-state index in [9.17, 15) is 4.79 Å². The minimum Gasteiger partial charge on any atom is -0.395 e. The summed E-state index contributed by atoms with van der Waals surface area (Å²) in [5.41, 5.74) is 1.52. The van der Waals surface area contributed by atoms with Crippen LogP contribution in [0.2, 0.25) is 0 Å². The Labute approximate surface area is 128 Å². The van der Waals surface area contributed by atoms with E-state index in [1.807, 2.05) is 19.1 Å². The number of hydrogen-bond donors (Lipinski definition) is 2. The smallest absolute Gasteiger partial charge is 0.256 e. The molecule has 2 rings (SSSR count). The third-order valence-electron chi connectivity index (χ3n) is 2.99. The molecule has 19 heavy (non-hydrogen) atoms. The van der Waals surface area contributed by atoms with Gasteiger partial charge in [-0.3, -0.25) is 4.79 Å². The number of aliphatic hydroxyl groups is 1. The number of nitrogens with zero attached hydrogens (tertiary/aromatic N) is 1. The number of aromatic nitrogens is 1. The Morgan fingerprint density at radius 3 is 2.68 bits per heavy atom. The van der Waals surface area contributed by atoms with Gasteiger partial charge in [0.25, 0.3) is 5.91 Å². The van der Waals surface area contributed by atoms with Crippen LogP contribution in [0.3, 0.4) is 0 Å². The van der Waals surface area contributed by atoms with Gasteiger partial charge >= 0.3 is 0 Å². The first-order valence-electron chi connectivity index (χ1n) is 5.94. The molecule has 4 nitrogen and oxygen atoms in total. The zero-order chi connectivity index (χ0) is 14.0. The lowest BCUT2D eigenvalue weighted by Crippen LogP contribution is -2.33. The third-order valence-corrected chi connectivity index (χ3v) is 4.84. The lowest BCUT2D eigenvalue weighted by atomic mass is 10.1. The van der Waals surface area contributed by atoms with Crippen LogP contribution in [0, 0.1) is 0 Å². The number of rotatable bonds is 4. The first-order valence-corrected chi connectivity index (χ1v) is 7.53. The van der Waals surface area contributed by atoms with Gasteiger partial charge in [-0.25, -0.2) is 0 Å². The van der Waals surface area contributed by atoms with Gasteiger partial charge in [0.2, 0.25) is 0 Å². The molecule has 0 fully saturated rings. The topological polar surface area (TPSA) is 56.3 Å². The van der Waals surface area contributed by atoms with Crippen molar-refractivity contribution in [3.8, 4) is 0 Å². The Kier molecular flexibility index (Phi) is 4.65. The minimum absolute atomic E-state index is 0.0306. The molecule has 0 aliphatic heterocycles. The summed E-state index contributed by atoms with van der Waals surface area (Å²) >= 11 is 6.88. The summed E-state index contributed by atoms with van der Waals surface area (Å²) < 4.78 is 1.84. The fourth-order valence-corrected chi connectivity index (χ4v) is 2.67. The number of aliphatic hydroxyl groups excluding tert-OH is 1. The van der Waals surface area contributed by atoms with Gasteiger partial charge < -0.3 is 15.0 Å². The van der Waals surface area contributed by atoms with Crippen molar-refractivity contribution in [2.75, 3.05) is 19.7 Å². The number of nitrogens with one attached hydrogen (secondary N) is 1. The van der Waals surface area contributed by atoms with Crippen LogP contribution in [0.4, 0.5) is 0 Å². The summed E-state index contributed by atoms with van der Waals surface area (Å²) in [6.45, 7) is 2.79. The van der Waals surface area contributed by atoms with Gasteiger partial charge in [0, 0.05) is 39.1 Å². The molecule has 0 spiro atoms. The number of likely N-dealkylation sites (N-methyl/N-ethyl adjacent to an activating group) is 1. The molecule has 0 radical (unpaired) electrons. The fraction of sp³-hybridized carbons (Fsp3) is 0.308. The van der Waals surface area contributed by atoms with E-state index in [4.69, 9.17) is 5.11 Å². The predicted molar refractivity (Wildman–Crippen MR) is 82.4 cm³/mol. The molecule has 2 N–H and O–H groups in total. The van der Waals surface area contributed by atoms with E-state index in [1.54, 1.807) is 11.1 Å². The van der Waals surface area contributed by atoms with E-state index in [-0.39, 0.29) is 12.5 Å². The van der Waals surface area contributed by atoms with Crippen LogP contribution in [-0.2, 0) is 0 Å². The molecule has 1 aromatic carbocycles. The van der Waals surface area contributed by atoms with Crippen molar-refractivity contribution in [2.24, 2.45) is 0 Å². The van der Waals surface area contributed by atoms with E-state index in [0.29, 0.717) is 18.7 Å². The maximum atomic E-state index is 12.4. The highest BCUT2D eigenvalue weighted by molar-refractivity contribution is 9.13. The van der Waals surface area contributed by atoms with Crippen LogP contribution >= 0.6 is 31.9 Å². The number of amides is 1. The quantitative estimate of drug-likeness (QED) is 0.843. The molecule has 1 amide bonds. The number of carbonyl (C=O) groups excluding carboxylic acids is 1. The second-order valence-electron chi connectivity index (χ2n) is 4.12. The van der Waals surface area contributed by atoms with Crippen LogP contribution in [0.25, 0.3) is 10.9 Å². The molecule has 0 saturated heterocycles. The van der Waals surface area contributed by atoms with Crippen molar-refractivity contribution < 1.29 is 9.90 Å². The van der Waals surface area contributed by atoms with Crippen LogP contribution in [0.5, 0.6) is 0 Å². The lowest BCUT2D eigenvalue weighted by molar-refractivity contribution is 0.0734. The molecule has 0 unspecified atom stereocenters. The monoisotopic (exact) mass is 388 g/mol. The van der Waals surface area contributed by atoms with E-state index < -0.39 is 0 Å².